The second kappa shape index (κ2) is 4.48. The number of hydrogen-bond acceptors (Lipinski definition) is 4. The maximum atomic E-state index is 8.95. The first kappa shape index (κ1) is 12.3. The molecule has 75 valence electrons. The third-order valence-electron chi connectivity index (χ3n) is 1.32. The summed E-state index contributed by atoms with van der Waals surface area (Å²) in [5.41, 5.74) is 0.0813. The first-order valence-electron chi connectivity index (χ1n) is 3.00. The van der Waals surface area contributed by atoms with Gasteiger partial charge < -0.3 is 20.4 Å². The number of aliphatic hydroxyl groups is 1. The third-order valence-corrected chi connectivity index (χ3v) is 1.55. The molecule has 13 heavy (non-hydrogen) atoms. The zero-order valence-electron chi connectivity index (χ0n) is 6.15. The van der Waals surface area contributed by atoms with Crippen LogP contribution in [0.15, 0.2) is 12.1 Å². The average Bonchev–Trinajstić information content (AvgIpc) is 1.99. The topological polar surface area (TPSA) is 80.9 Å². The minimum absolute atomic E-state index is 0. The van der Waals surface area contributed by atoms with Gasteiger partial charge in [-0.1, -0.05) is 0 Å². The summed E-state index contributed by atoms with van der Waals surface area (Å²) < 4.78 is 0. The maximum Gasteiger partial charge on any atom is 0.200 e. The number of thiocarbonyl (C=S) groups is 1. The molecule has 0 aromatic heterocycles. The molecule has 0 saturated carbocycles. The molecule has 1 aromatic rings. The van der Waals surface area contributed by atoms with Gasteiger partial charge in [-0.25, -0.2) is 0 Å². The number of aliphatic hydroxyl groups excluding tert-OH is 1. The summed E-state index contributed by atoms with van der Waals surface area (Å²) in [5.74, 6) is -1.68. The average molecular weight is 294 g/mol. The van der Waals surface area contributed by atoms with E-state index in [9.17, 15) is 0 Å². The van der Waals surface area contributed by atoms with Crippen LogP contribution in [0.3, 0.4) is 0 Å². The van der Waals surface area contributed by atoms with Gasteiger partial charge in [0.2, 0.25) is 0 Å². The monoisotopic (exact) mass is 293 g/mol. The van der Waals surface area contributed by atoms with Crippen LogP contribution >= 0.6 is 12.2 Å². The fourth-order valence-electron chi connectivity index (χ4n) is 0.728. The van der Waals surface area contributed by atoms with Crippen LogP contribution in [0.2, 0.25) is 0 Å². The van der Waals surface area contributed by atoms with E-state index in [4.69, 9.17) is 20.4 Å². The van der Waals surface area contributed by atoms with Crippen LogP contribution in [-0.2, 0) is 22.4 Å². The van der Waals surface area contributed by atoms with Crippen molar-refractivity contribution in [3.8, 4) is 17.2 Å². The molecule has 6 heteroatoms. The summed E-state index contributed by atoms with van der Waals surface area (Å²) >= 11 is 4.38. The number of phenolic OH excluding ortho intramolecular Hbond substituents is 3. The first-order chi connectivity index (χ1) is 5.52. The van der Waals surface area contributed by atoms with E-state index >= 15 is 0 Å². The Morgan fingerprint density at radius 3 is 1.77 bits per heavy atom. The van der Waals surface area contributed by atoms with Gasteiger partial charge in [-0.2, -0.15) is 0 Å². The Morgan fingerprint density at radius 2 is 1.46 bits per heavy atom. The van der Waals surface area contributed by atoms with Crippen LogP contribution in [0.25, 0.3) is 0 Å². The molecular formula is C7H6AgO4S. The van der Waals surface area contributed by atoms with E-state index in [1.165, 1.54) is 0 Å². The van der Waals surface area contributed by atoms with Gasteiger partial charge in [-0.3, -0.25) is 0 Å². The minimum atomic E-state index is -0.630. The number of rotatable bonds is 1. The summed E-state index contributed by atoms with van der Waals surface area (Å²) in [5, 5.41) is 35.1. The molecule has 1 radical (unpaired) electrons. The van der Waals surface area contributed by atoms with Gasteiger partial charge in [-0.15, -0.1) is 0 Å². The van der Waals surface area contributed by atoms with Crippen molar-refractivity contribution in [1.29, 1.82) is 0 Å². The maximum absolute atomic E-state index is 8.95. The molecule has 0 fully saturated rings. The van der Waals surface area contributed by atoms with Crippen molar-refractivity contribution < 1.29 is 42.8 Å². The van der Waals surface area contributed by atoms with Crippen molar-refractivity contribution in [3.05, 3.63) is 17.7 Å². The van der Waals surface area contributed by atoms with Crippen LogP contribution in [0.5, 0.6) is 17.2 Å². The molecule has 0 spiro atoms. The summed E-state index contributed by atoms with van der Waals surface area (Å²) in [7, 11) is 0. The molecule has 0 saturated heterocycles. The van der Waals surface area contributed by atoms with Crippen LogP contribution < -0.4 is 0 Å². The van der Waals surface area contributed by atoms with Crippen LogP contribution in [0.1, 0.15) is 5.56 Å². The predicted octanol–water partition coefficient (Wildman–Crippen LogP) is 1.03. The molecule has 0 unspecified atom stereocenters. The molecular weight excluding hydrogens is 288 g/mol. The Morgan fingerprint density at radius 1 is 1.08 bits per heavy atom. The Balaban J connectivity index is 0.00000144. The van der Waals surface area contributed by atoms with Crippen molar-refractivity contribution in [2.75, 3.05) is 0 Å². The van der Waals surface area contributed by atoms with Crippen molar-refractivity contribution in [1.82, 2.24) is 0 Å². The number of hydrogen-bond donors (Lipinski definition) is 4. The van der Waals surface area contributed by atoms with E-state index in [0.29, 0.717) is 0 Å². The van der Waals surface area contributed by atoms with Gasteiger partial charge in [0, 0.05) is 27.9 Å². The zero-order valence-corrected chi connectivity index (χ0v) is 8.45. The molecule has 0 heterocycles. The van der Waals surface area contributed by atoms with E-state index in [2.05, 4.69) is 12.2 Å². The fraction of sp³-hybridized carbons (Fsp3) is 0. The zero-order chi connectivity index (χ0) is 9.30. The van der Waals surface area contributed by atoms with Crippen LogP contribution in [0, 0.1) is 0 Å². The Hall–Kier alpha value is -0.750. The van der Waals surface area contributed by atoms with E-state index in [1.54, 1.807) is 0 Å². The standard InChI is InChI=1S/C7H6O4S.Ag/c8-4-1-3(7(11)12)2-5(9)6(4)10;/h1-2,8-10H,(H,11,12);. The largest absolute Gasteiger partial charge is 0.504 e. The summed E-state index contributed by atoms with van der Waals surface area (Å²) in [6.07, 6.45) is 0. The van der Waals surface area contributed by atoms with Crippen molar-refractivity contribution in [3.63, 3.8) is 0 Å². The molecule has 0 aliphatic heterocycles. The van der Waals surface area contributed by atoms with Crippen molar-refractivity contribution in [2.24, 2.45) is 0 Å². The first-order valence-corrected chi connectivity index (χ1v) is 3.41. The minimum Gasteiger partial charge on any atom is -0.504 e. The van der Waals surface area contributed by atoms with E-state index < -0.39 is 22.3 Å². The number of benzene rings is 1. The molecule has 0 aliphatic carbocycles. The molecule has 0 amide bonds. The molecule has 1 rings (SSSR count). The normalized spacial score (nSPS) is 8.92. The van der Waals surface area contributed by atoms with E-state index in [0.717, 1.165) is 12.1 Å². The van der Waals surface area contributed by atoms with Gasteiger partial charge >= 0.3 is 0 Å². The summed E-state index contributed by atoms with van der Waals surface area (Å²) in [6, 6.07) is 2.11. The van der Waals surface area contributed by atoms with Gasteiger partial charge in [0.25, 0.3) is 0 Å². The number of aromatic hydroxyl groups is 3. The van der Waals surface area contributed by atoms with Gasteiger partial charge in [-0.05, 0) is 24.4 Å². The number of phenols is 3. The molecule has 4 nitrogen and oxygen atoms in total. The molecule has 0 aliphatic rings. The summed E-state index contributed by atoms with van der Waals surface area (Å²) in [6.45, 7) is 0. The fourth-order valence-corrected chi connectivity index (χ4v) is 0.846. The van der Waals surface area contributed by atoms with Crippen LogP contribution in [-0.4, -0.2) is 25.5 Å². The van der Waals surface area contributed by atoms with Gasteiger partial charge in [0.1, 0.15) is 0 Å². The third kappa shape index (κ3) is 2.60. The molecule has 4 N–H and O–H groups in total. The SMILES string of the molecule is OC(=S)c1cc(O)c(O)c(O)c1.[Ag]. The smallest absolute Gasteiger partial charge is 0.200 e. The molecule has 0 bridgehead atoms. The molecule has 0 atom stereocenters. The second-order valence-corrected chi connectivity index (χ2v) is 2.55. The predicted molar refractivity (Wildman–Crippen MR) is 45.8 cm³/mol. The van der Waals surface area contributed by atoms with E-state index in [1.807, 2.05) is 0 Å². The van der Waals surface area contributed by atoms with E-state index in [-0.39, 0.29) is 27.9 Å². The molecule has 1 aromatic carbocycles. The van der Waals surface area contributed by atoms with Gasteiger partial charge in [0.15, 0.2) is 22.3 Å². The van der Waals surface area contributed by atoms with Gasteiger partial charge in [0.05, 0.1) is 0 Å². The van der Waals surface area contributed by atoms with Crippen LogP contribution in [0.4, 0.5) is 0 Å². The van der Waals surface area contributed by atoms with Crippen molar-refractivity contribution in [2.45, 2.75) is 0 Å². The summed E-state index contributed by atoms with van der Waals surface area (Å²) in [4.78, 5) is 0. The Kier molecular flexibility index (Phi) is 4.22. The Labute approximate surface area is 95.0 Å². The Bertz CT molecular complexity index is 316. The quantitative estimate of drug-likeness (QED) is 0.353. The van der Waals surface area contributed by atoms with Crippen molar-refractivity contribution >= 4 is 17.3 Å². The second-order valence-electron chi connectivity index (χ2n) is 2.17.